The Morgan fingerprint density at radius 2 is 1.64 bits per heavy atom. The number of fused-ring (bicyclic) bond motifs is 1. The van der Waals surface area contributed by atoms with Gasteiger partial charge in [0.15, 0.2) is 5.78 Å². The second-order valence-electron chi connectivity index (χ2n) is 9.10. The number of Topliss-reactive ketones (excluding diaryl/α,β-unsaturated/α-hetero) is 1. The van der Waals surface area contributed by atoms with Crippen molar-refractivity contribution >= 4 is 38.3 Å². The van der Waals surface area contributed by atoms with Crippen LogP contribution in [0.1, 0.15) is 28.8 Å². The predicted molar refractivity (Wildman–Crippen MR) is 152 cm³/mol. The summed E-state index contributed by atoms with van der Waals surface area (Å²) in [5.41, 5.74) is 3.94. The van der Waals surface area contributed by atoms with E-state index in [4.69, 9.17) is 16.7 Å². The summed E-state index contributed by atoms with van der Waals surface area (Å²) < 4.78 is 42.7. The van der Waals surface area contributed by atoms with Crippen LogP contribution in [-0.4, -0.2) is 29.7 Å². The third-order valence-corrected chi connectivity index (χ3v) is 8.10. The van der Waals surface area contributed by atoms with E-state index in [1.54, 1.807) is 35.0 Å². The second kappa shape index (κ2) is 11.5. The highest BCUT2D eigenvalue weighted by atomic mass is 35.5. The number of aromatic nitrogens is 2. The van der Waals surface area contributed by atoms with Crippen molar-refractivity contribution in [3.63, 3.8) is 0 Å². The van der Waals surface area contributed by atoms with Gasteiger partial charge in [-0.3, -0.25) is 4.79 Å². The molecule has 0 saturated heterocycles. The third kappa shape index (κ3) is 6.25. The molecular weight excluding hydrogens is 537 g/mol. The number of rotatable bonds is 10. The summed E-state index contributed by atoms with van der Waals surface area (Å²) in [4.78, 5) is 13.1. The van der Waals surface area contributed by atoms with Gasteiger partial charge in [-0.05, 0) is 54.4 Å². The minimum absolute atomic E-state index is 0.0693. The summed E-state index contributed by atoms with van der Waals surface area (Å²) in [5, 5.41) is 6.08. The number of nitrogens with zero attached hydrogens (tertiary/aromatic N) is 2. The van der Waals surface area contributed by atoms with E-state index < -0.39 is 10.0 Å². The van der Waals surface area contributed by atoms with E-state index in [9.17, 15) is 17.6 Å². The molecule has 0 atom stereocenters. The standard InChI is InChI=1S/C30H25ClFN3O3S/c31-27-10-5-4-9-25(27)30-26-17-12-22(19-28(26)35(34-30)24-15-13-23(32)14-16-24)29(36)11-6-18-39(37,38)33-20-21-7-2-1-3-8-21/h1-5,7-10,12-17,19,33H,6,11,18,20H2. The van der Waals surface area contributed by atoms with Gasteiger partial charge in [-0.25, -0.2) is 22.2 Å². The molecule has 0 aliphatic rings. The van der Waals surface area contributed by atoms with Gasteiger partial charge in [-0.15, -0.1) is 0 Å². The monoisotopic (exact) mass is 561 g/mol. The summed E-state index contributed by atoms with van der Waals surface area (Å²) >= 11 is 6.46. The molecule has 0 amide bonds. The van der Waals surface area contributed by atoms with E-state index in [1.165, 1.54) is 12.1 Å². The van der Waals surface area contributed by atoms with E-state index in [-0.39, 0.29) is 36.7 Å². The normalized spacial score (nSPS) is 11.6. The maximum absolute atomic E-state index is 13.6. The Hall–Kier alpha value is -3.85. The van der Waals surface area contributed by atoms with Gasteiger partial charge in [0.05, 0.1) is 22.0 Å². The van der Waals surface area contributed by atoms with Crippen LogP contribution in [0.4, 0.5) is 4.39 Å². The topological polar surface area (TPSA) is 81.1 Å². The second-order valence-corrected chi connectivity index (χ2v) is 11.4. The van der Waals surface area contributed by atoms with Crippen LogP contribution in [0.25, 0.3) is 27.8 Å². The van der Waals surface area contributed by atoms with E-state index in [2.05, 4.69) is 4.72 Å². The number of halogens is 2. The van der Waals surface area contributed by atoms with Crippen molar-refractivity contribution in [2.75, 3.05) is 5.75 Å². The summed E-state index contributed by atoms with van der Waals surface area (Å²) in [6.07, 6.45) is 0.253. The number of carbonyl (C=O) groups is 1. The zero-order chi connectivity index (χ0) is 27.4. The molecule has 0 aliphatic heterocycles. The van der Waals surface area contributed by atoms with Crippen molar-refractivity contribution in [3.05, 3.63) is 119 Å². The Bertz CT molecular complexity index is 1740. The van der Waals surface area contributed by atoms with Gasteiger partial charge in [-0.2, -0.15) is 5.10 Å². The highest BCUT2D eigenvalue weighted by Gasteiger charge is 2.18. The average molecular weight is 562 g/mol. The number of nitrogens with one attached hydrogen (secondary N) is 1. The molecule has 0 unspecified atom stereocenters. The van der Waals surface area contributed by atoms with Crippen LogP contribution in [0.3, 0.4) is 0 Å². The number of sulfonamides is 1. The van der Waals surface area contributed by atoms with E-state index in [0.717, 1.165) is 16.5 Å². The van der Waals surface area contributed by atoms with Crippen LogP contribution in [0.5, 0.6) is 0 Å². The maximum Gasteiger partial charge on any atom is 0.211 e. The zero-order valence-electron chi connectivity index (χ0n) is 20.8. The molecule has 1 heterocycles. The zero-order valence-corrected chi connectivity index (χ0v) is 22.4. The first-order valence-electron chi connectivity index (χ1n) is 12.4. The van der Waals surface area contributed by atoms with Gasteiger partial charge in [0.1, 0.15) is 11.5 Å². The van der Waals surface area contributed by atoms with Crippen LogP contribution in [0.2, 0.25) is 5.02 Å². The molecule has 1 aromatic heterocycles. The van der Waals surface area contributed by atoms with E-state index in [0.29, 0.717) is 27.5 Å². The van der Waals surface area contributed by atoms with E-state index in [1.807, 2.05) is 54.6 Å². The number of carbonyl (C=O) groups excluding carboxylic acids is 1. The molecule has 4 aromatic carbocycles. The molecular formula is C30H25ClFN3O3S. The molecule has 0 bridgehead atoms. The lowest BCUT2D eigenvalue weighted by Gasteiger charge is -2.07. The first-order valence-corrected chi connectivity index (χ1v) is 14.4. The Morgan fingerprint density at radius 3 is 2.38 bits per heavy atom. The van der Waals surface area contributed by atoms with Crippen molar-refractivity contribution < 1.29 is 17.6 Å². The summed E-state index contributed by atoms with van der Waals surface area (Å²) in [6, 6.07) is 27.8. The molecule has 39 heavy (non-hydrogen) atoms. The van der Waals surface area contributed by atoms with Crippen LogP contribution in [-0.2, 0) is 16.6 Å². The number of hydrogen-bond donors (Lipinski definition) is 1. The maximum atomic E-state index is 13.6. The quantitative estimate of drug-likeness (QED) is 0.196. The van der Waals surface area contributed by atoms with Crippen molar-refractivity contribution in [1.82, 2.24) is 14.5 Å². The van der Waals surface area contributed by atoms with Gasteiger partial charge in [-0.1, -0.05) is 66.2 Å². The first kappa shape index (κ1) is 26.7. The SMILES string of the molecule is O=C(CCCS(=O)(=O)NCc1ccccc1)c1ccc2c(-c3ccccc3Cl)nn(-c3ccc(F)cc3)c2c1. The Morgan fingerprint density at radius 1 is 0.923 bits per heavy atom. The van der Waals surface area contributed by atoms with Gasteiger partial charge in [0.25, 0.3) is 0 Å². The molecule has 0 saturated carbocycles. The van der Waals surface area contributed by atoms with Crippen molar-refractivity contribution in [1.29, 1.82) is 0 Å². The fraction of sp³-hybridized carbons (Fsp3) is 0.133. The van der Waals surface area contributed by atoms with Crippen LogP contribution in [0.15, 0.2) is 97.1 Å². The molecule has 5 aromatic rings. The smallest absolute Gasteiger partial charge is 0.211 e. The first-order chi connectivity index (χ1) is 18.8. The van der Waals surface area contributed by atoms with Gasteiger partial charge >= 0.3 is 0 Å². The lowest BCUT2D eigenvalue weighted by Crippen LogP contribution is -2.26. The highest BCUT2D eigenvalue weighted by molar-refractivity contribution is 7.89. The fourth-order valence-corrected chi connectivity index (χ4v) is 5.63. The minimum atomic E-state index is -3.53. The Kier molecular flexibility index (Phi) is 7.88. The lowest BCUT2D eigenvalue weighted by molar-refractivity contribution is 0.0982. The van der Waals surface area contributed by atoms with Gasteiger partial charge < -0.3 is 0 Å². The van der Waals surface area contributed by atoms with E-state index >= 15 is 0 Å². The number of benzene rings is 4. The van der Waals surface area contributed by atoms with Gasteiger partial charge in [0.2, 0.25) is 10.0 Å². The van der Waals surface area contributed by atoms with Crippen LogP contribution >= 0.6 is 11.6 Å². The van der Waals surface area contributed by atoms with Crippen molar-refractivity contribution in [3.8, 4) is 16.9 Å². The fourth-order valence-electron chi connectivity index (χ4n) is 4.35. The lowest BCUT2D eigenvalue weighted by atomic mass is 10.0. The van der Waals surface area contributed by atoms with Gasteiger partial charge in [0, 0.05) is 29.5 Å². The molecule has 0 radical (unpaired) electrons. The summed E-state index contributed by atoms with van der Waals surface area (Å²) in [7, 11) is -3.53. The third-order valence-electron chi connectivity index (χ3n) is 6.36. The molecule has 1 N–H and O–H groups in total. The minimum Gasteiger partial charge on any atom is -0.294 e. The molecule has 198 valence electrons. The number of hydrogen-bond acceptors (Lipinski definition) is 4. The molecule has 0 fully saturated rings. The summed E-state index contributed by atoms with van der Waals surface area (Å²) in [6.45, 7) is 0.203. The largest absolute Gasteiger partial charge is 0.294 e. The predicted octanol–water partition coefficient (Wildman–Crippen LogP) is 6.57. The Balaban J connectivity index is 1.37. The molecule has 0 spiro atoms. The molecule has 5 rings (SSSR count). The van der Waals surface area contributed by atoms with Crippen molar-refractivity contribution in [2.24, 2.45) is 0 Å². The summed E-state index contributed by atoms with van der Waals surface area (Å²) in [5.74, 6) is -0.704. The molecule has 9 heteroatoms. The van der Waals surface area contributed by atoms with Crippen LogP contribution in [0, 0.1) is 5.82 Å². The molecule has 0 aliphatic carbocycles. The Labute approximate surface area is 231 Å². The number of ketones is 1. The average Bonchev–Trinajstić information content (AvgIpc) is 3.32. The highest BCUT2D eigenvalue weighted by Crippen LogP contribution is 2.34. The van der Waals surface area contributed by atoms with Crippen molar-refractivity contribution in [2.45, 2.75) is 19.4 Å². The molecule has 6 nitrogen and oxygen atoms in total. The van der Waals surface area contributed by atoms with Crippen LogP contribution < -0.4 is 4.72 Å².